The number of hydrogen-bond donors (Lipinski definition) is 1. The SMILES string of the molecule is COc1ccccc1NCc1nc2ccccc2n1CCOc1ccc(Cl)cc1. The standard InChI is InChI=1S/C23H22ClN3O2/c1-28-22-9-5-3-7-20(22)25-16-23-26-19-6-2-4-8-21(19)27(23)14-15-29-18-12-10-17(24)11-13-18/h2-13,25H,14-16H2,1H3. The molecule has 1 N–H and O–H groups in total. The fourth-order valence-corrected chi connectivity index (χ4v) is 3.39. The average molecular weight is 408 g/mol. The fraction of sp³-hybridized carbons (Fsp3) is 0.174. The molecule has 0 radical (unpaired) electrons. The molecular formula is C23H22ClN3O2. The predicted octanol–water partition coefficient (Wildman–Crippen LogP) is 5.39. The number of fused-ring (bicyclic) bond motifs is 1. The first-order chi connectivity index (χ1) is 14.2. The Morgan fingerprint density at radius 1 is 0.966 bits per heavy atom. The van der Waals surface area contributed by atoms with Gasteiger partial charge in [0.25, 0.3) is 0 Å². The molecule has 29 heavy (non-hydrogen) atoms. The maximum atomic E-state index is 5.94. The van der Waals surface area contributed by atoms with Crippen LogP contribution in [0.25, 0.3) is 11.0 Å². The van der Waals surface area contributed by atoms with Gasteiger partial charge in [-0.3, -0.25) is 0 Å². The molecule has 5 nitrogen and oxygen atoms in total. The van der Waals surface area contributed by atoms with E-state index in [0.29, 0.717) is 24.7 Å². The first kappa shape index (κ1) is 19.2. The van der Waals surface area contributed by atoms with Crippen molar-refractivity contribution in [3.63, 3.8) is 0 Å². The maximum absolute atomic E-state index is 5.94. The highest BCUT2D eigenvalue weighted by molar-refractivity contribution is 6.30. The quantitative estimate of drug-likeness (QED) is 0.425. The summed E-state index contributed by atoms with van der Waals surface area (Å²) in [5.41, 5.74) is 2.99. The summed E-state index contributed by atoms with van der Waals surface area (Å²) in [4.78, 5) is 4.81. The lowest BCUT2D eigenvalue weighted by atomic mass is 10.3. The van der Waals surface area contributed by atoms with E-state index < -0.39 is 0 Å². The second-order valence-electron chi connectivity index (χ2n) is 6.52. The largest absolute Gasteiger partial charge is 0.495 e. The summed E-state index contributed by atoms with van der Waals surface area (Å²) in [6, 6.07) is 23.4. The van der Waals surface area contributed by atoms with E-state index in [4.69, 9.17) is 26.1 Å². The molecule has 3 aromatic carbocycles. The highest BCUT2D eigenvalue weighted by Gasteiger charge is 2.11. The molecule has 0 saturated heterocycles. The van der Waals surface area contributed by atoms with Crippen LogP contribution in [-0.2, 0) is 13.1 Å². The van der Waals surface area contributed by atoms with Crippen molar-refractivity contribution < 1.29 is 9.47 Å². The molecule has 0 atom stereocenters. The number of ether oxygens (including phenoxy) is 2. The number of aromatic nitrogens is 2. The summed E-state index contributed by atoms with van der Waals surface area (Å²) >= 11 is 5.94. The molecule has 0 aliphatic carbocycles. The zero-order valence-electron chi connectivity index (χ0n) is 16.1. The van der Waals surface area contributed by atoms with Gasteiger partial charge < -0.3 is 19.4 Å². The van der Waals surface area contributed by atoms with E-state index in [0.717, 1.165) is 34.0 Å². The molecular weight excluding hydrogens is 386 g/mol. The number of imidazole rings is 1. The Morgan fingerprint density at radius 2 is 1.72 bits per heavy atom. The first-order valence-corrected chi connectivity index (χ1v) is 9.82. The summed E-state index contributed by atoms with van der Waals surface area (Å²) in [6.45, 7) is 1.80. The Labute approximate surface area is 174 Å². The average Bonchev–Trinajstić information content (AvgIpc) is 3.11. The number of para-hydroxylation sites is 4. The van der Waals surface area contributed by atoms with E-state index in [1.54, 1.807) is 7.11 Å². The van der Waals surface area contributed by atoms with Crippen LogP contribution in [0.1, 0.15) is 5.82 Å². The summed E-state index contributed by atoms with van der Waals surface area (Å²) in [7, 11) is 1.67. The van der Waals surface area contributed by atoms with Crippen molar-refractivity contribution in [1.82, 2.24) is 9.55 Å². The number of halogens is 1. The van der Waals surface area contributed by atoms with Gasteiger partial charge in [0.05, 0.1) is 36.9 Å². The Hall–Kier alpha value is -3.18. The summed E-state index contributed by atoms with van der Waals surface area (Å²) in [5, 5.41) is 4.13. The van der Waals surface area contributed by atoms with Crippen LogP contribution < -0.4 is 14.8 Å². The lowest BCUT2D eigenvalue weighted by Crippen LogP contribution is -2.14. The molecule has 0 fully saturated rings. The number of rotatable bonds is 8. The van der Waals surface area contributed by atoms with Crippen LogP contribution in [0, 0.1) is 0 Å². The second-order valence-corrected chi connectivity index (χ2v) is 6.96. The van der Waals surface area contributed by atoms with Crippen LogP contribution >= 0.6 is 11.6 Å². The molecule has 0 bridgehead atoms. The highest BCUT2D eigenvalue weighted by Crippen LogP contribution is 2.24. The van der Waals surface area contributed by atoms with E-state index in [1.807, 2.05) is 66.7 Å². The van der Waals surface area contributed by atoms with Crippen molar-refractivity contribution in [2.45, 2.75) is 13.1 Å². The summed E-state index contributed by atoms with van der Waals surface area (Å²) in [6.07, 6.45) is 0. The molecule has 0 amide bonds. The van der Waals surface area contributed by atoms with Gasteiger partial charge in [0.1, 0.15) is 23.9 Å². The Bertz CT molecular complexity index is 1090. The van der Waals surface area contributed by atoms with Gasteiger partial charge >= 0.3 is 0 Å². The number of methoxy groups -OCH3 is 1. The number of hydrogen-bond acceptors (Lipinski definition) is 4. The molecule has 6 heteroatoms. The molecule has 0 aliphatic heterocycles. The minimum Gasteiger partial charge on any atom is -0.495 e. The number of anilines is 1. The van der Waals surface area contributed by atoms with Crippen LogP contribution in [0.5, 0.6) is 11.5 Å². The molecule has 4 aromatic rings. The van der Waals surface area contributed by atoms with Gasteiger partial charge in [-0.1, -0.05) is 35.9 Å². The Balaban J connectivity index is 1.51. The van der Waals surface area contributed by atoms with Gasteiger partial charge in [-0.15, -0.1) is 0 Å². The van der Waals surface area contributed by atoms with E-state index >= 15 is 0 Å². The highest BCUT2D eigenvalue weighted by atomic mass is 35.5. The molecule has 1 heterocycles. The topological polar surface area (TPSA) is 48.3 Å². The normalized spacial score (nSPS) is 10.8. The van der Waals surface area contributed by atoms with Gasteiger partial charge in [0, 0.05) is 5.02 Å². The van der Waals surface area contributed by atoms with Crippen LogP contribution in [0.3, 0.4) is 0 Å². The third kappa shape index (κ3) is 4.46. The van der Waals surface area contributed by atoms with Crippen LogP contribution in [0.15, 0.2) is 72.8 Å². The number of benzene rings is 3. The van der Waals surface area contributed by atoms with E-state index in [2.05, 4.69) is 16.0 Å². The third-order valence-electron chi connectivity index (χ3n) is 4.67. The van der Waals surface area contributed by atoms with Crippen molar-refractivity contribution in [3.8, 4) is 11.5 Å². The molecule has 0 unspecified atom stereocenters. The van der Waals surface area contributed by atoms with E-state index in [1.165, 1.54) is 0 Å². The lowest BCUT2D eigenvalue weighted by Gasteiger charge is -2.13. The zero-order chi connectivity index (χ0) is 20.1. The maximum Gasteiger partial charge on any atom is 0.141 e. The molecule has 0 aliphatic rings. The second kappa shape index (κ2) is 8.88. The van der Waals surface area contributed by atoms with Crippen LogP contribution in [-0.4, -0.2) is 23.3 Å². The molecule has 0 saturated carbocycles. The number of nitrogens with zero attached hydrogens (tertiary/aromatic N) is 2. The molecule has 0 spiro atoms. The zero-order valence-corrected chi connectivity index (χ0v) is 16.9. The third-order valence-corrected chi connectivity index (χ3v) is 4.93. The van der Waals surface area contributed by atoms with Gasteiger partial charge in [0.2, 0.25) is 0 Å². The predicted molar refractivity (Wildman–Crippen MR) is 117 cm³/mol. The van der Waals surface area contributed by atoms with Crippen LogP contribution in [0.4, 0.5) is 5.69 Å². The minimum absolute atomic E-state index is 0.531. The van der Waals surface area contributed by atoms with Gasteiger partial charge in [0.15, 0.2) is 0 Å². The Morgan fingerprint density at radius 3 is 2.55 bits per heavy atom. The van der Waals surface area contributed by atoms with Crippen LogP contribution in [0.2, 0.25) is 5.02 Å². The van der Waals surface area contributed by atoms with Crippen molar-refractivity contribution in [2.75, 3.05) is 19.0 Å². The first-order valence-electron chi connectivity index (χ1n) is 9.44. The van der Waals surface area contributed by atoms with E-state index in [9.17, 15) is 0 Å². The number of nitrogens with one attached hydrogen (secondary N) is 1. The lowest BCUT2D eigenvalue weighted by molar-refractivity contribution is 0.298. The molecule has 148 valence electrons. The van der Waals surface area contributed by atoms with Crippen molar-refractivity contribution in [3.05, 3.63) is 83.6 Å². The van der Waals surface area contributed by atoms with Crippen molar-refractivity contribution in [2.24, 2.45) is 0 Å². The van der Waals surface area contributed by atoms with Gasteiger partial charge in [-0.25, -0.2) is 4.98 Å². The minimum atomic E-state index is 0.531. The smallest absolute Gasteiger partial charge is 0.141 e. The summed E-state index contributed by atoms with van der Waals surface area (Å²) in [5.74, 6) is 2.55. The van der Waals surface area contributed by atoms with Gasteiger partial charge in [-0.05, 0) is 48.5 Å². The van der Waals surface area contributed by atoms with Crippen molar-refractivity contribution in [1.29, 1.82) is 0 Å². The van der Waals surface area contributed by atoms with Crippen molar-refractivity contribution >= 4 is 28.3 Å². The van der Waals surface area contributed by atoms with Gasteiger partial charge in [-0.2, -0.15) is 0 Å². The monoisotopic (exact) mass is 407 g/mol. The molecule has 4 rings (SSSR count). The fourth-order valence-electron chi connectivity index (χ4n) is 3.26. The summed E-state index contributed by atoms with van der Waals surface area (Å²) < 4.78 is 13.5. The Kier molecular flexibility index (Phi) is 5.86. The molecule has 1 aromatic heterocycles. The van der Waals surface area contributed by atoms with E-state index in [-0.39, 0.29) is 0 Å².